The third-order valence-corrected chi connectivity index (χ3v) is 7.05. The molecule has 2 aliphatic heterocycles. The summed E-state index contributed by atoms with van der Waals surface area (Å²) in [5.41, 5.74) is 3.24. The molecule has 0 amide bonds. The zero-order valence-corrected chi connectivity index (χ0v) is 15.6. The lowest BCUT2D eigenvalue weighted by Gasteiger charge is -2.26. The van der Waals surface area contributed by atoms with Gasteiger partial charge in [0, 0.05) is 48.6 Å². The second kappa shape index (κ2) is 6.28. The van der Waals surface area contributed by atoms with Gasteiger partial charge >= 0.3 is 0 Å². The first kappa shape index (κ1) is 16.6. The van der Waals surface area contributed by atoms with Crippen molar-refractivity contribution in [3.63, 3.8) is 0 Å². The number of H-pyrrole nitrogens is 1. The van der Waals surface area contributed by atoms with E-state index in [1.54, 1.807) is 22.5 Å². The molecule has 0 bridgehead atoms. The van der Waals surface area contributed by atoms with Crippen molar-refractivity contribution in [2.75, 3.05) is 19.8 Å². The Hall–Kier alpha value is -2.51. The van der Waals surface area contributed by atoms with Crippen molar-refractivity contribution in [2.45, 2.75) is 24.3 Å². The summed E-state index contributed by atoms with van der Waals surface area (Å²) in [6.07, 6.45) is 1.46. The molecule has 140 valence electrons. The molecule has 0 spiro atoms. The van der Waals surface area contributed by atoms with Crippen LogP contribution in [0.15, 0.2) is 47.4 Å². The summed E-state index contributed by atoms with van der Waals surface area (Å²) in [4.78, 5) is 3.66. The zero-order chi connectivity index (χ0) is 18.4. The van der Waals surface area contributed by atoms with Crippen LogP contribution in [0.25, 0.3) is 10.9 Å². The van der Waals surface area contributed by atoms with Crippen LogP contribution in [-0.4, -0.2) is 37.5 Å². The van der Waals surface area contributed by atoms with Crippen molar-refractivity contribution in [3.8, 4) is 11.5 Å². The molecule has 5 rings (SSSR count). The summed E-state index contributed by atoms with van der Waals surface area (Å²) in [6.45, 7) is 1.93. The molecular formula is C20H20N2O4S. The summed E-state index contributed by atoms with van der Waals surface area (Å²) in [5, 5.41) is 1.09. The molecule has 0 saturated carbocycles. The number of sulfonamides is 1. The lowest BCUT2D eigenvalue weighted by atomic mass is 10.1. The predicted molar refractivity (Wildman–Crippen MR) is 102 cm³/mol. The van der Waals surface area contributed by atoms with E-state index in [0.29, 0.717) is 44.2 Å². The van der Waals surface area contributed by atoms with Gasteiger partial charge in [0.25, 0.3) is 0 Å². The van der Waals surface area contributed by atoms with E-state index in [1.807, 2.05) is 24.3 Å². The lowest BCUT2D eigenvalue weighted by Crippen LogP contribution is -2.35. The highest BCUT2D eigenvalue weighted by molar-refractivity contribution is 7.89. The Balaban J connectivity index is 1.50. The van der Waals surface area contributed by atoms with E-state index >= 15 is 0 Å². The Bertz CT molecular complexity index is 1120. The van der Waals surface area contributed by atoms with Crippen molar-refractivity contribution in [1.29, 1.82) is 0 Å². The number of hydrogen-bond donors (Lipinski definition) is 1. The minimum Gasteiger partial charge on any atom is -0.490 e. The fourth-order valence-electron chi connectivity index (χ4n) is 3.80. The average Bonchev–Trinajstić information content (AvgIpc) is 2.89. The monoisotopic (exact) mass is 384 g/mol. The fraction of sp³-hybridized carbons (Fsp3) is 0.300. The number of aromatic nitrogens is 1. The van der Waals surface area contributed by atoms with Gasteiger partial charge in [-0.3, -0.25) is 0 Å². The van der Waals surface area contributed by atoms with E-state index in [-0.39, 0.29) is 4.90 Å². The molecule has 1 N–H and O–H groups in total. The van der Waals surface area contributed by atoms with Crippen LogP contribution >= 0.6 is 0 Å². The Kier molecular flexibility index (Phi) is 3.87. The van der Waals surface area contributed by atoms with Crippen LogP contribution in [0.2, 0.25) is 0 Å². The SMILES string of the molecule is O=S(=O)(c1ccc2c(c1)OCCCO2)N1CCc2[nH]c3ccccc3c2C1. The third kappa shape index (κ3) is 2.78. The van der Waals surface area contributed by atoms with Crippen LogP contribution in [0.5, 0.6) is 11.5 Å². The Morgan fingerprint density at radius 3 is 2.70 bits per heavy atom. The molecule has 0 atom stereocenters. The number of rotatable bonds is 2. The predicted octanol–water partition coefficient (Wildman–Crippen LogP) is 3.08. The number of nitrogens with zero attached hydrogens (tertiary/aromatic N) is 1. The largest absolute Gasteiger partial charge is 0.490 e. The molecule has 3 aromatic rings. The van der Waals surface area contributed by atoms with Gasteiger partial charge in [-0.1, -0.05) is 18.2 Å². The first-order valence-electron chi connectivity index (χ1n) is 9.11. The van der Waals surface area contributed by atoms with Gasteiger partial charge < -0.3 is 14.5 Å². The van der Waals surface area contributed by atoms with E-state index in [4.69, 9.17) is 9.47 Å². The fourth-order valence-corrected chi connectivity index (χ4v) is 5.22. The molecule has 3 heterocycles. The summed E-state index contributed by atoms with van der Waals surface area (Å²) >= 11 is 0. The van der Waals surface area contributed by atoms with Crippen molar-refractivity contribution < 1.29 is 17.9 Å². The van der Waals surface area contributed by atoms with Crippen LogP contribution in [-0.2, 0) is 23.0 Å². The summed E-state index contributed by atoms with van der Waals surface area (Å²) < 4.78 is 39.3. The van der Waals surface area contributed by atoms with Gasteiger partial charge in [-0.25, -0.2) is 8.42 Å². The van der Waals surface area contributed by atoms with Crippen LogP contribution in [0.3, 0.4) is 0 Å². The van der Waals surface area contributed by atoms with Crippen molar-refractivity contribution in [2.24, 2.45) is 0 Å². The van der Waals surface area contributed by atoms with Gasteiger partial charge in [-0.2, -0.15) is 4.31 Å². The van der Waals surface area contributed by atoms with Gasteiger partial charge in [0.15, 0.2) is 11.5 Å². The maximum absolute atomic E-state index is 13.2. The highest BCUT2D eigenvalue weighted by atomic mass is 32.2. The van der Waals surface area contributed by atoms with E-state index in [9.17, 15) is 8.42 Å². The molecule has 0 saturated heterocycles. The van der Waals surface area contributed by atoms with Crippen LogP contribution in [0, 0.1) is 0 Å². The molecule has 0 radical (unpaired) electrons. The molecule has 0 aliphatic carbocycles. The third-order valence-electron chi connectivity index (χ3n) is 5.20. The maximum atomic E-state index is 13.2. The Morgan fingerprint density at radius 2 is 1.81 bits per heavy atom. The summed E-state index contributed by atoms with van der Waals surface area (Å²) in [7, 11) is -3.61. The topological polar surface area (TPSA) is 71.6 Å². The molecule has 7 heteroatoms. The number of fused-ring (bicyclic) bond motifs is 4. The minimum absolute atomic E-state index is 0.245. The van der Waals surface area contributed by atoms with E-state index < -0.39 is 10.0 Å². The highest BCUT2D eigenvalue weighted by Gasteiger charge is 2.31. The number of ether oxygens (including phenoxy) is 2. The van der Waals surface area contributed by atoms with Crippen molar-refractivity contribution in [3.05, 3.63) is 53.7 Å². The minimum atomic E-state index is -3.61. The second-order valence-electron chi connectivity index (χ2n) is 6.88. The normalized spacial score (nSPS) is 17.5. The van der Waals surface area contributed by atoms with Crippen LogP contribution in [0.1, 0.15) is 17.7 Å². The zero-order valence-electron chi connectivity index (χ0n) is 14.8. The maximum Gasteiger partial charge on any atom is 0.243 e. The number of nitrogens with one attached hydrogen (secondary N) is 1. The molecule has 27 heavy (non-hydrogen) atoms. The second-order valence-corrected chi connectivity index (χ2v) is 8.81. The van der Waals surface area contributed by atoms with Crippen LogP contribution in [0.4, 0.5) is 0 Å². The first-order chi connectivity index (χ1) is 13.1. The molecule has 2 aromatic carbocycles. The quantitative estimate of drug-likeness (QED) is 0.737. The standard InChI is InChI=1S/C20H20N2O4S/c23-27(24,14-6-7-19-20(12-14)26-11-3-10-25-19)22-9-8-18-16(13-22)15-4-1-2-5-17(15)21-18/h1-2,4-7,12,21H,3,8-11,13H2. The molecule has 0 fully saturated rings. The first-order valence-corrected chi connectivity index (χ1v) is 10.6. The summed E-state index contributed by atoms with van der Waals surface area (Å²) in [6, 6.07) is 12.9. The van der Waals surface area contributed by atoms with Gasteiger partial charge in [0.2, 0.25) is 10.0 Å². The van der Waals surface area contributed by atoms with Gasteiger partial charge in [-0.15, -0.1) is 0 Å². The Labute approximate surface area is 157 Å². The van der Waals surface area contributed by atoms with Crippen LogP contribution < -0.4 is 9.47 Å². The average molecular weight is 384 g/mol. The number of benzene rings is 2. The smallest absolute Gasteiger partial charge is 0.243 e. The van der Waals surface area contributed by atoms with E-state index in [1.165, 1.54) is 0 Å². The molecule has 0 unspecified atom stereocenters. The number of aromatic amines is 1. The number of hydrogen-bond acceptors (Lipinski definition) is 4. The van der Waals surface area contributed by atoms with Crippen molar-refractivity contribution in [1.82, 2.24) is 9.29 Å². The molecular weight excluding hydrogens is 364 g/mol. The lowest BCUT2D eigenvalue weighted by molar-refractivity contribution is 0.296. The summed E-state index contributed by atoms with van der Waals surface area (Å²) in [5.74, 6) is 1.10. The van der Waals surface area contributed by atoms with Gasteiger partial charge in [0.1, 0.15) is 0 Å². The molecule has 6 nitrogen and oxygen atoms in total. The Morgan fingerprint density at radius 1 is 1.00 bits per heavy atom. The van der Waals surface area contributed by atoms with E-state index in [0.717, 1.165) is 28.6 Å². The van der Waals surface area contributed by atoms with Gasteiger partial charge in [0.05, 0.1) is 18.1 Å². The molecule has 2 aliphatic rings. The van der Waals surface area contributed by atoms with E-state index in [2.05, 4.69) is 4.98 Å². The molecule has 1 aromatic heterocycles. The highest BCUT2D eigenvalue weighted by Crippen LogP contribution is 2.35. The van der Waals surface area contributed by atoms with Gasteiger partial charge in [-0.05, 0) is 23.8 Å². The van der Waals surface area contributed by atoms with Crippen molar-refractivity contribution >= 4 is 20.9 Å². The number of para-hydroxylation sites is 1.